The van der Waals surface area contributed by atoms with Gasteiger partial charge in [0.05, 0.1) is 5.01 Å². The van der Waals surface area contributed by atoms with E-state index in [1.165, 1.54) is 0 Å². The number of hydrogen-bond acceptors (Lipinski definition) is 5. The molecule has 3 nitrogen and oxygen atoms in total. The Morgan fingerprint density at radius 3 is 2.17 bits per heavy atom. The Bertz CT molecular complexity index is 647. The lowest BCUT2D eigenvalue weighted by atomic mass is 9.99. The van der Waals surface area contributed by atoms with Crippen molar-refractivity contribution in [3.8, 4) is 0 Å². The van der Waals surface area contributed by atoms with E-state index in [1.54, 1.807) is 4.90 Å². The predicted octanol–water partition coefficient (Wildman–Crippen LogP) is 5.02. The largest absolute Gasteiger partial charge is 0.434 e. The number of aromatic nitrogens is 2. The van der Waals surface area contributed by atoms with E-state index in [0.717, 1.165) is 33.4 Å². The standard InChI is InChI=1S/C13H11F6N3S2/c14-12(15,16)8-5-23-10(20-8)7-2-1-3-22(4-7)11-21-9(6-24-11)13(17,18)19/h5-7H,1-4H2. The molecule has 2 aromatic heterocycles. The van der Waals surface area contributed by atoms with Crippen LogP contribution in [0.25, 0.3) is 0 Å². The number of anilines is 1. The maximum Gasteiger partial charge on any atom is 0.434 e. The first-order valence-corrected chi connectivity index (χ1v) is 8.71. The molecule has 2 aromatic rings. The van der Waals surface area contributed by atoms with Crippen LogP contribution in [0.4, 0.5) is 31.5 Å². The fourth-order valence-corrected chi connectivity index (χ4v) is 4.32. The lowest BCUT2D eigenvalue weighted by Crippen LogP contribution is -2.34. The molecule has 132 valence electrons. The Morgan fingerprint density at radius 1 is 0.958 bits per heavy atom. The SMILES string of the molecule is FC(F)(F)c1csc(C2CCCN(c3nc(C(F)(F)F)cs3)C2)n1. The Hall–Kier alpha value is -1.36. The van der Waals surface area contributed by atoms with Crippen LogP contribution in [-0.2, 0) is 12.4 Å². The summed E-state index contributed by atoms with van der Waals surface area (Å²) in [6, 6.07) is 0. The average molecular weight is 387 g/mol. The first-order chi connectivity index (χ1) is 11.1. The lowest BCUT2D eigenvalue weighted by Gasteiger charge is -2.31. The van der Waals surface area contributed by atoms with E-state index in [1.807, 2.05) is 0 Å². The van der Waals surface area contributed by atoms with Crippen molar-refractivity contribution >= 4 is 27.8 Å². The topological polar surface area (TPSA) is 29.0 Å². The summed E-state index contributed by atoms with van der Waals surface area (Å²) in [6.07, 6.45) is -7.67. The highest BCUT2D eigenvalue weighted by Gasteiger charge is 2.36. The molecule has 11 heteroatoms. The van der Waals surface area contributed by atoms with Gasteiger partial charge in [-0.25, -0.2) is 9.97 Å². The summed E-state index contributed by atoms with van der Waals surface area (Å²) < 4.78 is 75.8. The van der Waals surface area contributed by atoms with Gasteiger partial charge in [-0.1, -0.05) is 0 Å². The molecule has 1 fully saturated rings. The summed E-state index contributed by atoms with van der Waals surface area (Å²) in [5.41, 5.74) is -1.87. The molecule has 0 saturated carbocycles. The van der Waals surface area contributed by atoms with Gasteiger partial charge in [-0.2, -0.15) is 26.3 Å². The summed E-state index contributed by atoms with van der Waals surface area (Å²) >= 11 is 1.82. The fourth-order valence-electron chi connectivity index (χ4n) is 2.50. The van der Waals surface area contributed by atoms with Crippen LogP contribution >= 0.6 is 22.7 Å². The summed E-state index contributed by atoms with van der Waals surface area (Å²) in [5.74, 6) is -0.238. The second-order valence-corrected chi connectivity index (χ2v) is 7.09. The summed E-state index contributed by atoms with van der Waals surface area (Å²) in [7, 11) is 0. The van der Waals surface area contributed by atoms with Crippen molar-refractivity contribution in [1.82, 2.24) is 9.97 Å². The zero-order chi connectivity index (χ0) is 17.5. The molecule has 1 saturated heterocycles. The van der Waals surface area contributed by atoms with Gasteiger partial charge in [0.2, 0.25) is 0 Å². The number of halogens is 6. The number of hydrogen-bond donors (Lipinski definition) is 0. The van der Waals surface area contributed by atoms with Gasteiger partial charge in [0.25, 0.3) is 0 Å². The fraction of sp³-hybridized carbons (Fsp3) is 0.538. The van der Waals surface area contributed by atoms with Crippen LogP contribution in [0.3, 0.4) is 0 Å². The number of alkyl halides is 6. The Kier molecular flexibility index (Phi) is 4.49. The molecule has 0 aliphatic carbocycles. The lowest BCUT2D eigenvalue weighted by molar-refractivity contribution is -0.141. The third-order valence-electron chi connectivity index (χ3n) is 3.64. The molecule has 0 amide bonds. The summed E-state index contributed by atoms with van der Waals surface area (Å²) in [4.78, 5) is 8.93. The van der Waals surface area contributed by atoms with Crippen LogP contribution in [0.2, 0.25) is 0 Å². The molecule has 0 aromatic carbocycles. The van der Waals surface area contributed by atoms with E-state index >= 15 is 0 Å². The molecule has 0 radical (unpaired) electrons. The van der Waals surface area contributed by atoms with Gasteiger partial charge < -0.3 is 4.90 Å². The Balaban J connectivity index is 1.75. The predicted molar refractivity (Wildman–Crippen MR) is 78.4 cm³/mol. The van der Waals surface area contributed by atoms with Crippen molar-refractivity contribution < 1.29 is 26.3 Å². The molecule has 1 unspecified atom stereocenters. The van der Waals surface area contributed by atoms with Gasteiger partial charge in [-0.3, -0.25) is 0 Å². The van der Waals surface area contributed by atoms with Gasteiger partial charge in [0.15, 0.2) is 16.5 Å². The van der Waals surface area contributed by atoms with E-state index in [4.69, 9.17) is 0 Å². The molecule has 3 heterocycles. The van der Waals surface area contributed by atoms with Gasteiger partial charge >= 0.3 is 12.4 Å². The van der Waals surface area contributed by atoms with E-state index in [-0.39, 0.29) is 11.0 Å². The highest BCUT2D eigenvalue weighted by atomic mass is 32.1. The Labute approximate surface area is 141 Å². The molecule has 24 heavy (non-hydrogen) atoms. The third kappa shape index (κ3) is 3.66. The maximum absolute atomic E-state index is 12.6. The van der Waals surface area contributed by atoms with Crippen molar-refractivity contribution in [2.24, 2.45) is 0 Å². The number of nitrogens with zero attached hydrogens (tertiary/aromatic N) is 3. The van der Waals surface area contributed by atoms with Crippen molar-refractivity contribution in [2.75, 3.05) is 18.0 Å². The van der Waals surface area contributed by atoms with Crippen LogP contribution in [0.15, 0.2) is 10.8 Å². The minimum Gasteiger partial charge on any atom is -0.347 e. The van der Waals surface area contributed by atoms with Crippen molar-refractivity contribution in [3.05, 3.63) is 27.2 Å². The van der Waals surface area contributed by atoms with Crippen molar-refractivity contribution in [3.63, 3.8) is 0 Å². The quantitative estimate of drug-likeness (QED) is 0.678. The molecular weight excluding hydrogens is 376 g/mol. The molecular formula is C13H11F6N3S2. The highest BCUT2D eigenvalue weighted by Crippen LogP contribution is 2.38. The average Bonchev–Trinajstić information content (AvgIpc) is 3.16. The minimum atomic E-state index is -4.50. The van der Waals surface area contributed by atoms with E-state index in [2.05, 4.69) is 9.97 Å². The van der Waals surface area contributed by atoms with Crippen molar-refractivity contribution in [2.45, 2.75) is 31.1 Å². The van der Waals surface area contributed by atoms with Crippen LogP contribution < -0.4 is 4.90 Å². The minimum absolute atomic E-state index is 0.236. The molecule has 0 N–H and O–H groups in total. The smallest absolute Gasteiger partial charge is 0.347 e. The molecule has 1 atom stereocenters. The molecule has 3 rings (SSSR count). The number of rotatable bonds is 2. The zero-order valence-electron chi connectivity index (χ0n) is 12.0. The Morgan fingerprint density at radius 2 is 1.58 bits per heavy atom. The van der Waals surface area contributed by atoms with E-state index in [0.29, 0.717) is 30.9 Å². The summed E-state index contributed by atoms with van der Waals surface area (Å²) in [6.45, 7) is 0.842. The first kappa shape index (κ1) is 17.5. The molecule has 0 bridgehead atoms. The second kappa shape index (κ2) is 6.17. The van der Waals surface area contributed by atoms with E-state index in [9.17, 15) is 26.3 Å². The summed E-state index contributed by atoms with van der Waals surface area (Å²) in [5, 5.41) is 2.52. The second-order valence-electron chi connectivity index (χ2n) is 5.37. The van der Waals surface area contributed by atoms with Crippen LogP contribution in [0, 0.1) is 0 Å². The molecule has 1 aliphatic rings. The molecule has 0 spiro atoms. The van der Waals surface area contributed by atoms with Crippen LogP contribution in [-0.4, -0.2) is 23.1 Å². The van der Waals surface area contributed by atoms with Crippen LogP contribution in [0.1, 0.15) is 35.2 Å². The van der Waals surface area contributed by atoms with Gasteiger partial charge in [0.1, 0.15) is 0 Å². The number of piperidine rings is 1. The monoisotopic (exact) mass is 387 g/mol. The highest BCUT2D eigenvalue weighted by molar-refractivity contribution is 7.13. The van der Waals surface area contributed by atoms with E-state index < -0.39 is 23.7 Å². The van der Waals surface area contributed by atoms with Gasteiger partial charge in [-0.05, 0) is 12.8 Å². The van der Waals surface area contributed by atoms with Crippen molar-refractivity contribution in [1.29, 1.82) is 0 Å². The van der Waals surface area contributed by atoms with Gasteiger partial charge in [0, 0.05) is 29.8 Å². The molecule has 1 aliphatic heterocycles. The third-order valence-corrected chi connectivity index (χ3v) is 5.54. The number of thiazole rings is 2. The normalized spacial score (nSPS) is 19.8. The van der Waals surface area contributed by atoms with Crippen LogP contribution in [0.5, 0.6) is 0 Å². The van der Waals surface area contributed by atoms with Gasteiger partial charge in [-0.15, -0.1) is 22.7 Å². The maximum atomic E-state index is 12.6. The zero-order valence-corrected chi connectivity index (χ0v) is 13.6. The first-order valence-electron chi connectivity index (χ1n) is 6.95.